The third kappa shape index (κ3) is 9.67. The standard InChI is InChI=1S/C11H23N3O/c1-13(2)7-5-9-14(8-4-6-12)10-11-15-3/h4-5,7-11H2,1-3H3. The van der Waals surface area contributed by atoms with Gasteiger partial charge in [0.25, 0.3) is 0 Å². The molecule has 0 aliphatic rings. The molecule has 0 fully saturated rings. The minimum Gasteiger partial charge on any atom is -0.383 e. The predicted octanol–water partition coefficient (Wildman–Crippen LogP) is 0.800. The van der Waals surface area contributed by atoms with Crippen molar-refractivity contribution < 1.29 is 4.74 Å². The van der Waals surface area contributed by atoms with Gasteiger partial charge in [-0.25, -0.2) is 0 Å². The number of ether oxygens (including phenoxy) is 1. The molecule has 0 saturated carbocycles. The van der Waals surface area contributed by atoms with Gasteiger partial charge >= 0.3 is 0 Å². The Balaban J connectivity index is 3.64. The van der Waals surface area contributed by atoms with Crippen LogP contribution in [0.15, 0.2) is 0 Å². The molecule has 0 atom stereocenters. The first-order valence-corrected chi connectivity index (χ1v) is 5.43. The first-order valence-electron chi connectivity index (χ1n) is 5.43. The van der Waals surface area contributed by atoms with Gasteiger partial charge in [0.05, 0.1) is 12.7 Å². The van der Waals surface area contributed by atoms with Gasteiger partial charge in [-0.2, -0.15) is 5.26 Å². The molecule has 0 amide bonds. The Morgan fingerprint density at radius 2 is 1.87 bits per heavy atom. The zero-order valence-electron chi connectivity index (χ0n) is 10.2. The van der Waals surface area contributed by atoms with E-state index in [9.17, 15) is 0 Å². The van der Waals surface area contributed by atoms with Gasteiger partial charge in [0.1, 0.15) is 0 Å². The van der Waals surface area contributed by atoms with Crippen molar-refractivity contribution in [1.29, 1.82) is 5.26 Å². The van der Waals surface area contributed by atoms with Crippen molar-refractivity contribution in [1.82, 2.24) is 9.80 Å². The number of hydrogen-bond acceptors (Lipinski definition) is 4. The summed E-state index contributed by atoms with van der Waals surface area (Å²) in [6.07, 6.45) is 1.74. The fourth-order valence-electron chi connectivity index (χ4n) is 1.37. The fraction of sp³-hybridized carbons (Fsp3) is 0.909. The molecule has 0 aromatic heterocycles. The summed E-state index contributed by atoms with van der Waals surface area (Å²) in [5.74, 6) is 0. The Morgan fingerprint density at radius 1 is 1.13 bits per heavy atom. The zero-order chi connectivity index (χ0) is 11.5. The van der Waals surface area contributed by atoms with Crippen molar-refractivity contribution in [3.05, 3.63) is 0 Å². The summed E-state index contributed by atoms with van der Waals surface area (Å²) in [6.45, 7) is 4.66. The molecule has 0 saturated heterocycles. The molecule has 15 heavy (non-hydrogen) atoms. The molecule has 4 nitrogen and oxygen atoms in total. The molecule has 0 aromatic rings. The second kappa shape index (κ2) is 9.91. The topological polar surface area (TPSA) is 39.5 Å². The van der Waals surface area contributed by atoms with Crippen molar-refractivity contribution in [3.8, 4) is 6.07 Å². The quantitative estimate of drug-likeness (QED) is 0.568. The average Bonchev–Trinajstić information content (AvgIpc) is 2.20. The van der Waals surface area contributed by atoms with Gasteiger partial charge < -0.3 is 9.64 Å². The van der Waals surface area contributed by atoms with Crippen molar-refractivity contribution >= 4 is 0 Å². The monoisotopic (exact) mass is 213 g/mol. The number of methoxy groups -OCH3 is 1. The number of nitriles is 1. The summed E-state index contributed by atoms with van der Waals surface area (Å²) < 4.78 is 5.04. The first-order chi connectivity index (χ1) is 7.20. The maximum absolute atomic E-state index is 8.54. The second-order valence-electron chi connectivity index (χ2n) is 3.90. The molecular formula is C11H23N3O. The van der Waals surface area contributed by atoms with Crippen molar-refractivity contribution in [2.45, 2.75) is 12.8 Å². The minimum atomic E-state index is 0.603. The van der Waals surface area contributed by atoms with E-state index in [0.29, 0.717) is 6.42 Å². The molecule has 0 aromatic carbocycles. The van der Waals surface area contributed by atoms with Crippen molar-refractivity contribution in [2.75, 3.05) is 54.0 Å². The van der Waals surface area contributed by atoms with E-state index in [4.69, 9.17) is 10.00 Å². The van der Waals surface area contributed by atoms with Crippen molar-refractivity contribution in [3.63, 3.8) is 0 Å². The molecule has 0 aliphatic carbocycles. The summed E-state index contributed by atoms with van der Waals surface area (Å²) >= 11 is 0. The summed E-state index contributed by atoms with van der Waals surface area (Å²) in [4.78, 5) is 4.47. The van der Waals surface area contributed by atoms with Gasteiger partial charge in [0.2, 0.25) is 0 Å². The minimum absolute atomic E-state index is 0.603. The summed E-state index contributed by atoms with van der Waals surface area (Å²) in [5, 5.41) is 8.54. The average molecular weight is 213 g/mol. The number of rotatable bonds is 9. The van der Waals surface area contributed by atoms with Crippen LogP contribution in [-0.2, 0) is 4.74 Å². The van der Waals surface area contributed by atoms with Crippen LogP contribution < -0.4 is 0 Å². The van der Waals surface area contributed by atoms with Crippen LogP contribution >= 0.6 is 0 Å². The van der Waals surface area contributed by atoms with Gasteiger partial charge in [0, 0.05) is 26.6 Å². The summed E-state index contributed by atoms with van der Waals surface area (Å²) in [5.41, 5.74) is 0. The van der Waals surface area contributed by atoms with Crippen LogP contribution in [-0.4, -0.2) is 63.8 Å². The molecule has 0 rings (SSSR count). The number of hydrogen-bond donors (Lipinski definition) is 0. The normalized spacial score (nSPS) is 10.9. The van der Waals surface area contributed by atoms with Crippen LogP contribution in [0.2, 0.25) is 0 Å². The predicted molar refractivity (Wildman–Crippen MR) is 61.7 cm³/mol. The van der Waals surface area contributed by atoms with Crippen LogP contribution in [0.5, 0.6) is 0 Å². The zero-order valence-corrected chi connectivity index (χ0v) is 10.2. The molecule has 88 valence electrons. The van der Waals surface area contributed by atoms with Gasteiger partial charge in [-0.05, 0) is 33.6 Å². The van der Waals surface area contributed by atoms with Gasteiger partial charge in [-0.1, -0.05) is 0 Å². The third-order valence-corrected chi connectivity index (χ3v) is 2.23. The largest absolute Gasteiger partial charge is 0.383 e. The van der Waals surface area contributed by atoms with E-state index in [1.54, 1.807) is 7.11 Å². The Kier molecular flexibility index (Phi) is 9.49. The highest BCUT2D eigenvalue weighted by Crippen LogP contribution is 1.95. The van der Waals surface area contributed by atoms with Gasteiger partial charge in [0.15, 0.2) is 0 Å². The van der Waals surface area contributed by atoms with Crippen LogP contribution in [0, 0.1) is 11.3 Å². The Labute approximate surface area is 93.4 Å². The maximum atomic E-state index is 8.54. The maximum Gasteiger partial charge on any atom is 0.0635 e. The molecular weight excluding hydrogens is 190 g/mol. The Morgan fingerprint density at radius 3 is 2.40 bits per heavy atom. The molecule has 0 N–H and O–H groups in total. The van der Waals surface area contributed by atoms with Gasteiger partial charge in [-0.3, -0.25) is 4.90 Å². The SMILES string of the molecule is COCCN(CCC#N)CCCN(C)C. The van der Waals surface area contributed by atoms with E-state index in [1.165, 1.54) is 0 Å². The van der Waals surface area contributed by atoms with Crippen LogP contribution in [0.25, 0.3) is 0 Å². The lowest BCUT2D eigenvalue weighted by molar-refractivity contribution is 0.146. The first kappa shape index (κ1) is 14.4. The lowest BCUT2D eigenvalue weighted by atomic mass is 10.3. The van der Waals surface area contributed by atoms with E-state index < -0.39 is 0 Å². The van der Waals surface area contributed by atoms with Crippen LogP contribution in [0.4, 0.5) is 0 Å². The second-order valence-corrected chi connectivity index (χ2v) is 3.90. The third-order valence-electron chi connectivity index (χ3n) is 2.23. The van der Waals surface area contributed by atoms with Crippen LogP contribution in [0.1, 0.15) is 12.8 Å². The van der Waals surface area contributed by atoms with Crippen LogP contribution in [0.3, 0.4) is 0 Å². The van der Waals surface area contributed by atoms with E-state index >= 15 is 0 Å². The molecule has 4 heteroatoms. The van der Waals surface area contributed by atoms with E-state index in [2.05, 4.69) is 30.0 Å². The summed E-state index contributed by atoms with van der Waals surface area (Å²) in [7, 11) is 5.87. The molecule has 0 bridgehead atoms. The molecule has 0 spiro atoms. The highest BCUT2D eigenvalue weighted by atomic mass is 16.5. The van der Waals surface area contributed by atoms with E-state index in [0.717, 1.165) is 39.2 Å². The smallest absolute Gasteiger partial charge is 0.0635 e. The molecule has 0 unspecified atom stereocenters. The van der Waals surface area contributed by atoms with Gasteiger partial charge in [-0.15, -0.1) is 0 Å². The lowest BCUT2D eigenvalue weighted by Gasteiger charge is -2.21. The van der Waals surface area contributed by atoms with Crippen molar-refractivity contribution in [2.24, 2.45) is 0 Å². The summed E-state index contributed by atoms with van der Waals surface area (Å²) in [6, 6.07) is 2.18. The number of nitrogens with zero attached hydrogens (tertiary/aromatic N) is 3. The fourth-order valence-corrected chi connectivity index (χ4v) is 1.37. The Hall–Kier alpha value is -0.630. The highest BCUT2D eigenvalue weighted by molar-refractivity contribution is 4.72. The Bertz CT molecular complexity index is 177. The van der Waals surface area contributed by atoms with E-state index in [-0.39, 0.29) is 0 Å². The molecule has 0 aliphatic heterocycles. The lowest BCUT2D eigenvalue weighted by Crippen LogP contribution is -2.31. The highest BCUT2D eigenvalue weighted by Gasteiger charge is 2.03. The van der Waals surface area contributed by atoms with E-state index in [1.807, 2.05) is 0 Å². The molecule has 0 radical (unpaired) electrons. The molecule has 0 heterocycles.